The van der Waals surface area contributed by atoms with E-state index < -0.39 is 5.97 Å². The molecule has 0 radical (unpaired) electrons. The molecule has 0 saturated heterocycles. The molecule has 0 aliphatic carbocycles. The zero-order chi connectivity index (χ0) is 13.5. The monoisotopic (exact) mass is 249 g/mol. The second kappa shape index (κ2) is 6.81. The highest BCUT2D eigenvalue weighted by Crippen LogP contribution is 2.16. The van der Waals surface area contributed by atoms with Crippen LogP contribution in [0, 0.1) is 0 Å². The topological polar surface area (TPSA) is 58.6 Å². The first-order valence-corrected chi connectivity index (χ1v) is 5.82. The average Bonchev–Trinajstić information content (AvgIpc) is 2.38. The second-order valence-corrected chi connectivity index (χ2v) is 4.10. The summed E-state index contributed by atoms with van der Waals surface area (Å²) < 4.78 is 5.09. The molecule has 1 aromatic rings. The molecule has 0 fully saturated rings. The predicted molar refractivity (Wildman–Crippen MR) is 70.8 cm³/mol. The summed E-state index contributed by atoms with van der Waals surface area (Å²) in [4.78, 5) is 10.6. The van der Waals surface area contributed by atoms with Crippen molar-refractivity contribution in [2.45, 2.75) is 19.9 Å². The molecule has 0 aliphatic rings. The first-order chi connectivity index (χ1) is 8.54. The molecule has 0 amide bonds. The van der Waals surface area contributed by atoms with Crippen LogP contribution in [0.4, 0.5) is 0 Å². The Labute approximate surface area is 107 Å². The van der Waals surface area contributed by atoms with Gasteiger partial charge in [-0.1, -0.05) is 18.2 Å². The van der Waals surface area contributed by atoms with Gasteiger partial charge >= 0.3 is 5.97 Å². The van der Waals surface area contributed by atoms with Crippen molar-refractivity contribution < 1.29 is 14.6 Å². The number of aliphatic carboxylic acids is 1. The maximum absolute atomic E-state index is 10.6. The molecule has 1 atom stereocenters. The Hall–Kier alpha value is -1.81. The lowest BCUT2D eigenvalue weighted by atomic mass is 10.1. The van der Waals surface area contributed by atoms with Gasteiger partial charge in [-0.2, -0.15) is 0 Å². The van der Waals surface area contributed by atoms with Crippen LogP contribution in [0.3, 0.4) is 0 Å². The van der Waals surface area contributed by atoms with Gasteiger partial charge in [0.05, 0.1) is 7.11 Å². The average molecular weight is 249 g/mol. The summed E-state index contributed by atoms with van der Waals surface area (Å²) >= 11 is 0. The predicted octanol–water partition coefficient (Wildman–Crippen LogP) is 2.38. The van der Waals surface area contributed by atoms with Crippen LogP contribution in [0.15, 0.2) is 35.9 Å². The van der Waals surface area contributed by atoms with E-state index in [1.165, 1.54) is 0 Å². The molecule has 0 unspecified atom stereocenters. The fourth-order valence-electron chi connectivity index (χ4n) is 1.49. The molecule has 4 nitrogen and oxygen atoms in total. The Morgan fingerprint density at radius 2 is 2.06 bits per heavy atom. The largest absolute Gasteiger partial charge is 0.497 e. The summed E-state index contributed by atoms with van der Waals surface area (Å²) in [7, 11) is 1.64. The van der Waals surface area contributed by atoms with Crippen molar-refractivity contribution in [3.8, 4) is 5.75 Å². The minimum Gasteiger partial charge on any atom is -0.497 e. The van der Waals surface area contributed by atoms with Crippen molar-refractivity contribution in [3.05, 3.63) is 41.5 Å². The molecule has 98 valence electrons. The van der Waals surface area contributed by atoms with E-state index in [0.29, 0.717) is 12.1 Å². The highest BCUT2D eigenvalue weighted by atomic mass is 16.5. The van der Waals surface area contributed by atoms with E-state index in [1.54, 1.807) is 20.1 Å². The maximum atomic E-state index is 10.6. The third kappa shape index (κ3) is 4.22. The smallest absolute Gasteiger partial charge is 0.330 e. The summed E-state index contributed by atoms with van der Waals surface area (Å²) in [5, 5.41) is 12.0. The maximum Gasteiger partial charge on any atom is 0.330 e. The molecule has 1 aromatic carbocycles. The van der Waals surface area contributed by atoms with Gasteiger partial charge in [0.2, 0.25) is 0 Å². The van der Waals surface area contributed by atoms with Crippen LogP contribution >= 0.6 is 0 Å². The minimum absolute atomic E-state index is 0.161. The number of carbonyl (C=O) groups is 1. The van der Waals surface area contributed by atoms with E-state index in [4.69, 9.17) is 9.84 Å². The normalized spacial score (nSPS) is 13.2. The molecule has 18 heavy (non-hydrogen) atoms. The van der Waals surface area contributed by atoms with Gasteiger partial charge in [-0.25, -0.2) is 4.79 Å². The highest BCUT2D eigenvalue weighted by Gasteiger charge is 2.04. The lowest BCUT2D eigenvalue weighted by Crippen LogP contribution is -2.19. The molecule has 0 aliphatic heterocycles. The fraction of sp³-hybridized carbons (Fsp3) is 0.357. The molecule has 0 heterocycles. The Morgan fingerprint density at radius 3 is 2.56 bits per heavy atom. The number of rotatable bonds is 6. The van der Waals surface area contributed by atoms with Crippen LogP contribution in [0.1, 0.15) is 25.5 Å². The second-order valence-electron chi connectivity index (χ2n) is 4.10. The Kier molecular flexibility index (Phi) is 5.39. The number of carboxylic acid groups (broad SMARTS) is 1. The number of ether oxygens (including phenoxy) is 1. The van der Waals surface area contributed by atoms with E-state index in [9.17, 15) is 4.79 Å². The Morgan fingerprint density at radius 1 is 1.44 bits per heavy atom. The molecule has 0 spiro atoms. The van der Waals surface area contributed by atoms with Gasteiger partial charge in [0.15, 0.2) is 0 Å². The number of hydrogen-bond donors (Lipinski definition) is 2. The first kappa shape index (κ1) is 14.3. The Balaban J connectivity index is 2.52. The van der Waals surface area contributed by atoms with Crippen LogP contribution < -0.4 is 10.1 Å². The quantitative estimate of drug-likeness (QED) is 0.760. The summed E-state index contributed by atoms with van der Waals surface area (Å²) in [6.45, 7) is 4.15. The van der Waals surface area contributed by atoms with E-state index in [0.717, 1.165) is 11.3 Å². The lowest BCUT2D eigenvalue weighted by Gasteiger charge is -2.13. The summed E-state index contributed by atoms with van der Waals surface area (Å²) in [5.41, 5.74) is 1.49. The molecular formula is C14H19NO3. The van der Waals surface area contributed by atoms with E-state index in [1.807, 2.05) is 31.2 Å². The SMILES string of the molecule is COc1ccc([C@H](C)NC/C=C(/C)C(=O)O)cc1. The number of methoxy groups -OCH3 is 1. The summed E-state index contributed by atoms with van der Waals surface area (Å²) in [6.07, 6.45) is 1.67. The van der Waals surface area contributed by atoms with Crippen molar-refractivity contribution in [2.24, 2.45) is 0 Å². The summed E-state index contributed by atoms with van der Waals surface area (Å²) in [5.74, 6) is -0.0542. The van der Waals surface area contributed by atoms with Gasteiger partial charge in [-0.3, -0.25) is 0 Å². The third-order valence-electron chi connectivity index (χ3n) is 2.79. The molecule has 1 rings (SSSR count). The number of benzene rings is 1. The van der Waals surface area contributed by atoms with Crippen molar-refractivity contribution in [1.29, 1.82) is 0 Å². The van der Waals surface area contributed by atoms with Gasteiger partial charge in [0, 0.05) is 18.2 Å². The van der Waals surface area contributed by atoms with Crippen LogP contribution in [0.2, 0.25) is 0 Å². The Bertz CT molecular complexity index is 423. The standard InChI is InChI=1S/C14H19NO3/c1-10(14(16)17)8-9-15-11(2)12-4-6-13(18-3)7-5-12/h4-8,11,15H,9H2,1-3H3,(H,16,17)/b10-8-/t11-/m0/s1. The minimum atomic E-state index is -0.881. The van der Waals surface area contributed by atoms with Crippen molar-refractivity contribution in [3.63, 3.8) is 0 Å². The first-order valence-electron chi connectivity index (χ1n) is 5.82. The fourth-order valence-corrected chi connectivity index (χ4v) is 1.49. The van der Waals surface area contributed by atoms with Crippen LogP contribution in [0.5, 0.6) is 5.75 Å². The molecule has 0 aromatic heterocycles. The van der Waals surface area contributed by atoms with Crippen molar-refractivity contribution >= 4 is 5.97 Å². The molecule has 2 N–H and O–H groups in total. The zero-order valence-electron chi connectivity index (χ0n) is 10.9. The number of carboxylic acids is 1. The van der Waals surface area contributed by atoms with Crippen LogP contribution in [-0.2, 0) is 4.79 Å². The van der Waals surface area contributed by atoms with Gasteiger partial charge in [-0.15, -0.1) is 0 Å². The lowest BCUT2D eigenvalue weighted by molar-refractivity contribution is -0.132. The van der Waals surface area contributed by atoms with Gasteiger partial charge < -0.3 is 15.2 Å². The van der Waals surface area contributed by atoms with E-state index >= 15 is 0 Å². The van der Waals surface area contributed by atoms with Gasteiger partial charge in [0.1, 0.15) is 5.75 Å². The molecule has 0 bridgehead atoms. The summed E-state index contributed by atoms with van der Waals surface area (Å²) in [6, 6.07) is 7.96. The molecule has 0 saturated carbocycles. The van der Waals surface area contributed by atoms with Gasteiger partial charge in [0.25, 0.3) is 0 Å². The highest BCUT2D eigenvalue weighted by molar-refractivity contribution is 5.85. The van der Waals surface area contributed by atoms with Crippen molar-refractivity contribution in [2.75, 3.05) is 13.7 Å². The van der Waals surface area contributed by atoms with Crippen molar-refractivity contribution in [1.82, 2.24) is 5.32 Å². The molecule has 4 heteroatoms. The van der Waals surface area contributed by atoms with Crippen LogP contribution in [-0.4, -0.2) is 24.7 Å². The number of hydrogen-bond acceptors (Lipinski definition) is 3. The van der Waals surface area contributed by atoms with Gasteiger partial charge in [-0.05, 0) is 31.5 Å². The molecular weight excluding hydrogens is 230 g/mol. The van der Waals surface area contributed by atoms with E-state index in [2.05, 4.69) is 5.32 Å². The van der Waals surface area contributed by atoms with Crippen LogP contribution in [0.25, 0.3) is 0 Å². The van der Waals surface area contributed by atoms with E-state index in [-0.39, 0.29) is 6.04 Å². The zero-order valence-corrected chi connectivity index (χ0v) is 10.9. The third-order valence-corrected chi connectivity index (χ3v) is 2.79. The number of nitrogens with one attached hydrogen (secondary N) is 1.